The van der Waals surface area contributed by atoms with E-state index in [1.165, 1.54) is 24.0 Å². The summed E-state index contributed by atoms with van der Waals surface area (Å²) in [5, 5.41) is 12.7. The topological polar surface area (TPSA) is 81.9 Å². The number of hydrogen-bond acceptors (Lipinski definition) is 5. The molecule has 0 saturated heterocycles. The smallest absolute Gasteiger partial charge is 0.417 e. The number of alkyl halides is 3. The highest BCUT2D eigenvalue weighted by molar-refractivity contribution is 6.31. The number of anilines is 1. The van der Waals surface area contributed by atoms with Crippen LogP contribution in [0.2, 0.25) is 5.02 Å². The fraction of sp³-hybridized carbons (Fsp3) is 0.176. The lowest BCUT2D eigenvalue weighted by molar-refractivity contribution is -0.137. The third-order valence-corrected chi connectivity index (χ3v) is 4.00. The molecule has 0 aliphatic heterocycles. The highest BCUT2D eigenvalue weighted by atomic mass is 35.5. The predicted molar refractivity (Wildman–Crippen MR) is 94.3 cm³/mol. The van der Waals surface area contributed by atoms with Gasteiger partial charge in [-0.2, -0.15) is 13.2 Å². The number of amides is 1. The van der Waals surface area contributed by atoms with Gasteiger partial charge in [-0.1, -0.05) is 11.6 Å². The first-order valence-electron chi connectivity index (χ1n) is 7.92. The Morgan fingerprint density at radius 2 is 1.93 bits per heavy atom. The molecule has 0 fully saturated rings. The van der Waals surface area contributed by atoms with Crippen molar-refractivity contribution >= 4 is 23.2 Å². The van der Waals surface area contributed by atoms with Crippen LogP contribution in [0.3, 0.4) is 0 Å². The summed E-state index contributed by atoms with van der Waals surface area (Å²) in [6, 6.07) is 9.73. The minimum Gasteiger partial charge on any atom is -0.481 e. The van der Waals surface area contributed by atoms with Crippen LogP contribution in [0, 0.1) is 0 Å². The third-order valence-electron chi connectivity index (χ3n) is 3.67. The third kappa shape index (κ3) is 4.58. The van der Waals surface area contributed by atoms with Crippen LogP contribution >= 0.6 is 11.6 Å². The molecule has 0 aliphatic rings. The van der Waals surface area contributed by atoms with Crippen molar-refractivity contribution in [1.29, 1.82) is 0 Å². The van der Waals surface area contributed by atoms with Crippen molar-refractivity contribution in [2.24, 2.45) is 0 Å². The first-order chi connectivity index (χ1) is 13.2. The molecular formula is C17H13ClF3N5O2. The average Bonchev–Trinajstić information content (AvgIpc) is 3.17. The molecule has 1 unspecified atom stereocenters. The Balaban J connectivity index is 1.65. The SMILES string of the molecule is CC(Oc1ccc(-n2cnnn2)cc1)C(=O)Nc1ccc(Cl)c(C(F)(F)F)c1. The Kier molecular flexibility index (Phi) is 5.50. The second-order valence-electron chi connectivity index (χ2n) is 5.69. The molecule has 1 heterocycles. The number of nitrogens with zero attached hydrogens (tertiary/aromatic N) is 4. The zero-order valence-electron chi connectivity index (χ0n) is 14.3. The number of aromatic nitrogens is 4. The molecule has 3 aromatic rings. The maximum absolute atomic E-state index is 12.9. The molecule has 28 heavy (non-hydrogen) atoms. The number of tetrazole rings is 1. The van der Waals surface area contributed by atoms with Gasteiger partial charge in [0, 0.05) is 5.69 Å². The van der Waals surface area contributed by atoms with Crippen LogP contribution in [-0.4, -0.2) is 32.2 Å². The predicted octanol–water partition coefficient (Wildman–Crippen LogP) is 3.74. The molecule has 0 aliphatic carbocycles. The molecule has 7 nitrogen and oxygen atoms in total. The molecule has 1 amide bonds. The van der Waals surface area contributed by atoms with E-state index in [2.05, 4.69) is 20.8 Å². The van der Waals surface area contributed by atoms with E-state index in [-0.39, 0.29) is 5.69 Å². The van der Waals surface area contributed by atoms with Crippen LogP contribution in [0.15, 0.2) is 48.8 Å². The zero-order valence-corrected chi connectivity index (χ0v) is 15.1. The Bertz CT molecular complexity index is 962. The highest BCUT2D eigenvalue weighted by Crippen LogP contribution is 2.36. The second-order valence-corrected chi connectivity index (χ2v) is 6.10. The Hall–Kier alpha value is -3.14. The molecule has 0 saturated carbocycles. The van der Waals surface area contributed by atoms with Gasteiger partial charge in [0.05, 0.1) is 16.3 Å². The maximum atomic E-state index is 12.9. The number of carbonyl (C=O) groups excluding carboxylic acids is 1. The molecule has 3 rings (SSSR count). The molecule has 0 bridgehead atoms. The fourth-order valence-corrected chi connectivity index (χ4v) is 2.50. The van der Waals surface area contributed by atoms with Crippen LogP contribution in [0.5, 0.6) is 5.75 Å². The van der Waals surface area contributed by atoms with Gasteiger partial charge in [0.25, 0.3) is 5.91 Å². The number of hydrogen-bond donors (Lipinski definition) is 1. The van der Waals surface area contributed by atoms with E-state index in [1.807, 2.05) is 0 Å². The summed E-state index contributed by atoms with van der Waals surface area (Å²) < 4.78 is 45.7. The molecule has 1 atom stereocenters. The molecular weight excluding hydrogens is 399 g/mol. The van der Waals surface area contributed by atoms with E-state index in [4.69, 9.17) is 16.3 Å². The Morgan fingerprint density at radius 3 is 2.54 bits per heavy atom. The summed E-state index contributed by atoms with van der Waals surface area (Å²) in [6.45, 7) is 1.48. The lowest BCUT2D eigenvalue weighted by Gasteiger charge is -2.16. The number of carbonyl (C=O) groups is 1. The van der Waals surface area contributed by atoms with E-state index in [0.717, 1.165) is 12.1 Å². The van der Waals surface area contributed by atoms with Crippen molar-refractivity contribution < 1.29 is 22.7 Å². The van der Waals surface area contributed by atoms with Crippen molar-refractivity contribution in [2.45, 2.75) is 19.2 Å². The normalized spacial score (nSPS) is 12.5. The summed E-state index contributed by atoms with van der Waals surface area (Å²) in [5.74, 6) is -0.216. The standard InChI is InChI=1S/C17H13ClF3N5O2/c1-10(28-13-5-3-12(4-6-13)26-9-22-24-25-26)16(27)23-11-2-7-15(18)14(8-11)17(19,20)21/h2-10H,1H3,(H,23,27). The van der Waals surface area contributed by atoms with Gasteiger partial charge in [0.1, 0.15) is 12.1 Å². The zero-order chi connectivity index (χ0) is 20.3. The number of rotatable bonds is 5. The summed E-state index contributed by atoms with van der Waals surface area (Å²) in [7, 11) is 0. The molecule has 11 heteroatoms. The molecule has 0 spiro atoms. The van der Waals surface area contributed by atoms with E-state index < -0.39 is 28.8 Å². The average molecular weight is 412 g/mol. The van der Waals surface area contributed by atoms with Gasteiger partial charge in [-0.15, -0.1) is 5.10 Å². The summed E-state index contributed by atoms with van der Waals surface area (Å²) in [6.07, 6.45) is -4.15. The monoisotopic (exact) mass is 411 g/mol. The molecule has 1 N–H and O–H groups in total. The molecule has 146 valence electrons. The number of halogens is 4. The van der Waals surface area contributed by atoms with Crippen molar-refractivity contribution in [1.82, 2.24) is 20.2 Å². The van der Waals surface area contributed by atoms with Gasteiger partial charge >= 0.3 is 6.18 Å². The first-order valence-corrected chi connectivity index (χ1v) is 8.29. The summed E-state index contributed by atoms with van der Waals surface area (Å²) in [4.78, 5) is 12.2. The Morgan fingerprint density at radius 1 is 1.21 bits per heavy atom. The van der Waals surface area contributed by atoms with Crippen LogP contribution in [0.1, 0.15) is 12.5 Å². The van der Waals surface area contributed by atoms with E-state index in [0.29, 0.717) is 11.4 Å². The van der Waals surface area contributed by atoms with Crippen LogP contribution in [0.25, 0.3) is 5.69 Å². The fourth-order valence-electron chi connectivity index (χ4n) is 2.28. The van der Waals surface area contributed by atoms with E-state index >= 15 is 0 Å². The summed E-state index contributed by atoms with van der Waals surface area (Å²) >= 11 is 5.57. The van der Waals surface area contributed by atoms with Crippen LogP contribution in [0.4, 0.5) is 18.9 Å². The number of ether oxygens (including phenoxy) is 1. The minimum atomic E-state index is -4.62. The Labute approximate surface area is 162 Å². The van der Waals surface area contributed by atoms with Gasteiger partial charge in [0.2, 0.25) is 0 Å². The van der Waals surface area contributed by atoms with Crippen molar-refractivity contribution in [3.8, 4) is 11.4 Å². The highest BCUT2D eigenvalue weighted by Gasteiger charge is 2.33. The minimum absolute atomic E-state index is 0.0359. The van der Waals surface area contributed by atoms with Gasteiger partial charge in [-0.3, -0.25) is 4.79 Å². The van der Waals surface area contributed by atoms with Crippen molar-refractivity contribution in [3.63, 3.8) is 0 Å². The lowest BCUT2D eigenvalue weighted by atomic mass is 10.2. The number of nitrogens with one attached hydrogen (secondary N) is 1. The van der Waals surface area contributed by atoms with Crippen molar-refractivity contribution in [2.75, 3.05) is 5.32 Å². The molecule has 1 aromatic heterocycles. The first kappa shape index (κ1) is 19.6. The van der Waals surface area contributed by atoms with Crippen LogP contribution < -0.4 is 10.1 Å². The maximum Gasteiger partial charge on any atom is 0.417 e. The second kappa shape index (κ2) is 7.85. The van der Waals surface area contributed by atoms with Gasteiger partial charge in [0.15, 0.2) is 6.10 Å². The summed E-state index contributed by atoms with van der Waals surface area (Å²) in [5.41, 5.74) is -0.375. The van der Waals surface area contributed by atoms with Gasteiger partial charge < -0.3 is 10.1 Å². The molecule has 0 radical (unpaired) electrons. The number of benzene rings is 2. The largest absolute Gasteiger partial charge is 0.481 e. The molecule has 2 aromatic carbocycles. The lowest BCUT2D eigenvalue weighted by Crippen LogP contribution is -2.30. The van der Waals surface area contributed by atoms with Gasteiger partial charge in [-0.25, -0.2) is 4.68 Å². The van der Waals surface area contributed by atoms with Gasteiger partial charge in [-0.05, 0) is 59.8 Å². The van der Waals surface area contributed by atoms with Crippen LogP contribution in [-0.2, 0) is 11.0 Å². The van der Waals surface area contributed by atoms with Crippen molar-refractivity contribution in [3.05, 3.63) is 59.4 Å². The van der Waals surface area contributed by atoms with E-state index in [9.17, 15) is 18.0 Å². The van der Waals surface area contributed by atoms with E-state index in [1.54, 1.807) is 24.3 Å². The quantitative estimate of drug-likeness (QED) is 0.691.